The number of hydrogen-bond donors (Lipinski definition) is 0. The van der Waals surface area contributed by atoms with E-state index in [9.17, 15) is 16.8 Å². The summed E-state index contributed by atoms with van der Waals surface area (Å²) in [7, 11) is -8.55. The van der Waals surface area contributed by atoms with Gasteiger partial charge >= 0.3 is 0 Å². The van der Waals surface area contributed by atoms with Gasteiger partial charge in [0.1, 0.15) is 0 Å². The topological polar surface area (TPSA) is 68.3 Å². The molecule has 2 aliphatic carbocycles. The molecule has 6 heteroatoms. The van der Waals surface area contributed by atoms with Crippen molar-refractivity contribution in [2.24, 2.45) is 11.8 Å². The summed E-state index contributed by atoms with van der Waals surface area (Å²) in [6.07, 6.45) is 4.28. The molecule has 0 heterocycles. The second-order valence-electron chi connectivity index (χ2n) is 8.13. The van der Waals surface area contributed by atoms with Gasteiger partial charge in [-0.1, -0.05) is 78.9 Å². The van der Waals surface area contributed by atoms with Crippen LogP contribution in [0, 0.1) is 11.8 Å². The maximum atomic E-state index is 14.3. The lowest BCUT2D eigenvalue weighted by molar-refractivity contribution is 0.474. The van der Waals surface area contributed by atoms with Crippen molar-refractivity contribution in [3.63, 3.8) is 0 Å². The number of benzene rings is 3. The summed E-state index contributed by atoms with van der Waals surface area (Å²) >= 11 is 0. The van der Waals surface area contributed by atoms with E-state index < -0.39 is 35.6 Å². The molecule has 0 saturated heterocycles. The van der Waals surface area contributed by atoms with Crippen LogP contribution in [0.5, 0.6) is 0 Å². The summed E-state index contributed by atoms with van der Waals surface area (Å²) in [5.74, 6) is -1.48. The van der Waals surface area contributed by atoms with E-state index in [2.05, 4.69) is 0 Å². The van der Waals surface area contributed by atoms with Crippen molar-refractivity contribution in [2.75, 3.05) is 0 Å². The first-order chi connectivity index (χ1) is 14.9. The minimum Gasteiger partial charge on any atom is -0.222 e. The van der Waals surface area contributed by atoms with E-state index in [4.69, 9.17) is 0 Å². The van der Waals surface area contributed by atoms with Gasteiger partial charge in [-0.05, 0) is 42.2 Å². The molecule has 31 heavy (non-hydrogen) atoms. The van der Waals surface area contributed by atoms with E-state index in [-0.39, 0.29) is 15.7 Å². The quantitative estimate of drug-likeness (QED) is 0.532. The van der Waals surface area contributed by atoms with E-state index in [0.717, 1.165) is 5.56 Å². The Bertz CT molecular complexity index is 1260. The first-order valence-corrected chi connectivity index (χ1v) is 13.2. The summed E-state index contributed by atoms with van der Waals surface area (Å²) in [5.41, 5.74) is 0.735. The largest absolute Gasteiger partial charge is 0.222 e. The third kappa shape index (κ3) is 2.71. The summed E-state index contributed by atoms with van der Waals surface area (Å²) in [4.78, 5) is 0.0766. The normalized spacial score (nSPS) is 24.3. The molecular weight excluding hydrogens is 428 g/mol. The fourth-order valence-electron chi connectivity index (χ4n) is 5.39. The molecule has 0 N–H and O–H groups in total. The highest BCUT2D eigenvalue weighted by atomic mass is 32.3. The third-order valence-electron chi connectivity index (χ3n) is 6.60. The third-order valence-corrected chi connectivity index (χ3v) is 12.5. The van der Waals surface area contributed by atoms with Crippen molar-refractivity contribution >= 4 is 19.7 Å². The van der Waals surface area contributed by atoms with Gasteiger partial charge in [-0.15, -0.1) is 0 Å². The van der Waals surface area contributed by atoms with Crippen LogP contribution in [0.1, 0.15) is 17.9 Å². The molecule has 0 aromatic heterocycles. The highest BCUT2D eigenvalue weighted by Gasteiger charge is 2.71. The summed E-state index contributed by atoms with van der Waals surface area (Å²) in [6, 6.07) is 25.2. The van der Waals surface area contributed by atoms with Crippen LogP contribution in [-0.2, 0) is 19.7 Å². The van der Waals surface area contributed by atoms with Crippen molar-refractivity contribution in [1.29, 1.82) is 0 Å². The van der Waals surface area contributed by atoms with E-state index in [1.807, 2.05) is 36.4 Å². The molecule has 3 aromatic rings. The van der Waals surface area contributed by atoms with Gasteiger partial charge in [0, 0.05) is 11.8 Å². The average Bonchev–Trinajstić information content (AvgIpc) is 3.42. The van der Waals surface area contributed by atoms with Gasteiger partial charge in [0.05, 0.1) is 9.79 Å². The molecule has 158 valence electrons. The SMILES string of the molecule is O=S(=O)(c1ccccc1)C1(S(=O)(=O)c2ccccc2)[C@@H]2C=C[C@@H](C2)[C@@H]1c1ccccc1. The number of hydrogen-bond acceptors (Lipinski definition) is 4. The minimum absolute atomic E-state index is 0.0383. The first kappa shape index (κ1) is 20.2. The van der Waals surface area contributed by atoms with Gasteiger partial charge in [-0.2, -0.15) is 0 Å². The van der Waals surface area contributed by atoms with Crippen molar-refractivity contribution in [1.82, 2.24) is 0 Å². The van der Waals surface area contributed by atoms with Crippen LogP contribution in [0.3, 0.4) is 0 Å². The van der Waals surface area contributed by atoms with E-state index >= 15 is 0 Å². The van der Waals surface area contributed by atoms with Crippen LogP contribution < -0.4 is 0 Å². The second-order valence-corrected chi connectivity index (χ2v) is 12.7. The first-order valence-electron chi connectivity index (χ1n) is 10.2. The average molecular weight is 451 g/mol. The molecule has 1 fully saturated rings. The Morgan fingerprint density at radius 3 is 1.55 bits per heavy atom. The zero-order valence-corrected chi connectivity index (χ0v) is 18.3. The molecule has 0 unspecified atom stereocenters. The Morgan fingerprint density at radius 2 is 1.06 bits per heavy atom. The molecule has 3 aromatic carbocycles. The fraction of sp³-hybridized carbons (Fsp3) is 0.200. The summed E-state index contributed by atoms with van der Waals surface area (Å²) in [5, 5.41) is 0. The Morgan fingerprint density at radius 1 is 0.613 bits per heavy atom. The molecule has 0 radical (unpaired) electrons. The van der Waals surface area contributed by atoms with Gasteiger partial charge in [-0.3, -0.25) is 0 Å². The second kappa shape index (κ2) is 7.18. The van der Waals surface area contributed by atoms with Gasteiger partial charge in [0.15, 0.2) is 23.8 Å². The summed E-state index contributed by atoms with van der Waals surface area (Å²) in [6.45, 7) is 0. The van der Waals surface area contributed by atoms with Crippen molar-refractivity contribution in [3.8, 4) is 0 Å². The number of allylic oxidation sites excluding steroid dienone is 2. The smallest absolute Gasteiger partial charge is 0.200 e. The predicted octanol–water partition coefficient (Wildman–Crippen LogP) is 4.62. The number of rotatable bonds is 5. The van der Waals surface area contributed by atoms with Crippen LogP contribution >= 0.6 is 0 Å². The van der Waals surface area contributed by atoms with Crippen molar-refractivity contribution in [3.05, 3.63) is 109 Å². The van der Waals surface area contributed by atoms with Crippen molar-refractivity contribution < 1.29 is 16.8 Å². The number of sulfone groups is 2. The zero-order valence-electron chi connectivity index (χ0n) is 16.7. The molecule has 2 bridgehead atoms. The molecule has 0 amide bonds. The molecule has 0 aliphatic heterocycles. The lowest BCUT2D eigenvalue weighted by Crippen LogP contribution is -2.54. The Balaban J connectivity index is 1.88. The standard InChI is InChI=1S/C25H22O4S2/c26-30(27,22-12-6-2-7-13-22)25(31(28,29)23-14-8-3-9-15-23)21-17-16-20(18-21)24(25)19-10-4-1-5-11-19/h1-17,20-21,24H,18H2/t20-,21+,24-/m0/s1. The monoisotopic (exact) mass is 450 g/mol. The van der Waals surface area contributed by atoms with Crippen LogP contribution in [0.4, 0.5) is 0 Å². The van der Waals surface area contributed by atoms with Crippen molar-refractivity contribution in [2.45, 2.75) is 26.2 Å². The van der Waals surface area contributed by atoms with Gasteiger partial charge < -0.3 is 0 Å². The Labute approximate surface area is 183 Å². The van der Waals surface area contributed by atoms with Crippen LogP contribution in [0.25, 0.3) is 0 Å². The molecule has 2 aliphatic rings. The van der Waals surface area contributed by atoms with E-state index in [1.54, 1.807) is 42.5 Å². The Kier molecular flexibility index (Phi) is 4.68. The number of fused-ring (bicyclic) bond motifs is 2. The van der Waals surface area contributed by atoms with Gasteiger partial charge in [0.25, 0.3) is 0 Å². The van der Waals surface area contributed by atoms with Gasteiger partial charge in [-0.25, -0.2) is 16.8 Å². The van der Waals surface area contributed by atoms with E-state index in [0.29, 0.717) is 6.42 Å². The van der Waals surface area contributed by atoms with E-state index in [1.165, 1.54) is 24.3 Å². The maximum Gasteiger partial charge on any atom is 0.200 e. The molecule has 5 rings (SSSR count). The molecule has 1 saturated carbocycles. The van der Waals surface area contributed by atoms with Crippen LogP contribution in [0.2, 0.25) is 0 Å². The molecule has 0 spiro atoms. The highest BCUT2D eigenvalue weighted by Crippen LogP contribution is 2.63. The van der Waals surface area contributed by atoms with Gasteiger partial charge in [0.2, 0.25) is 0 Å². The van der Waals surface area contributed by atoms with Crippen LogP contribution in [-0.4, -0.2) is 20.9 Å². The highest BCUT2D eigenvalue weighted by molar-refractivity contribution is 8.10. The molecular formula is C25H22O4S2. The zero-order chi connectivity index (χ0) is 21.7. The maximum absolute atomic E-state index is 14.3. The molecule has 4 nitrogen and oxygen atoms in total. The van der Waals surface area contributed by atoms with Crippen LogP contribution in [0.15, 0.2) is 113 Å². The molecule has 3 atom stereocenters. The lowest BCUT2D eigenvalue weighted by Gasteiger charge is -2.40. The summed E-state index contributed by atoms with van der Waals surface area (Å²) < 4.78 is 55.3. The minimum atomic E-state index is -4.27. The fourth-order valence-corrected chi connectivity index (χ4v) is 11.3. The Hall–Kier alpha value is -2.70. The lowest BCUT2D eigenvalue weighted by atomic mass is 9.86. The predicted molar refractivity (Wildman–Crippen MR) is 120 cm³/mol.